The van der Waals surface area contributed by atoms with Gasteiger partial charge in [-0.2, -0.15) is 0 Å². The third kappa shape index (κ3) is 3.20. The molecule has 0 aliphatic heterocycles. The summed E-state index contributed by atoms with van der Waals surface area (Å²) in [6.07, 6.45) is 0. The van der Waals surface area contributed by atoms with Crippen molar-refractivity contribution in [1.29, 1.82) is 0 Å². The largest absolute Gasteiger partial charge is 0.508 e. The van der Waals surface area contributed by atoms with Crippen LogP contribution in [0.4, 0.5) is 5.69 Å². The van der Waals surface area contributed by atoms with Crippen molar-refractivity contribution in [3.8, 4) is 5.75 Å². The number of benzene rings is 2. The molecule has 0 saturated carbocycles. The van der Waals surface area contributed by atoms with Crippen molar-refractivity contribution in [2.24, 2.45) is 0 Å². The SMILES string of the molecule is COC(=O)c1ccc(Sc2ccc(O)cc2N)cc1. The maximum Gasteiger partial charge on any atom is 0.337 e. The summed E-state index contributed by atoms with van der Waals surface area (Å²) in [6, 6.07) is 11.9. The lowest BCUT2D eigenvalue weighted by molar-refractivity contribution is 0.0600. The number of carbonyl (C=O) groups excluding carboxylic acids is 1. The molecule has 19 heavy (non-hydrogen) atoms. The molecule has 0 bridgehead atoms. The Bertz CT molecular complexity index is 596. The van der Waals surface area contributed by atoms with Crippen molar-refractivity contribution in [2.45, 2.75) is 9.79 Å². The van der Waals surface area contributed by atoms with Gasteiger partial charge >= 0.3 is 5.97 Å². The van der Waals surface area contributed by atoms with Crippen LogP contribution in [0.15, 0.2) is 52.3 Å². The van der Waals surface area contributed by atoms with E-state index in [2.05, 4.69) is 4.74 Å². The van der Waals surface area contributed by atoms with Gasteiger partial charge in [-0.25, -0.2) is 4.79 Å². The Labute approximate surface area is 115 Å². The first-order valence-corrected chi connectivity index (χ1v) is 6.36. The highest BCUT2D eigenvalue weighted by atomic mass is 32.2. The van der Waals surface area contributed by atoms with Gasteiger partial charge in [0.25, 0.3) is 0 Å². The van der Waals surface area contributed by atoms with Gasteiger partial charge in [-0.05, 0) is 36.4 Å². The van der Waals surface area contributed by atoms with E-state index in [4.69, 9.17) is 5.73 Å². The molecule has 2 aromatic rings. The zero-order valence-corrected chi connectivity index (χ0v) is 11.1. The molecule has 0 aliphatic rings. The average Bonchev–Trinajstić information content (AvgIpc) is 2.42. The van der Waals surface area contributed by atoms with Crippen molar-refractivity contribution in [1.82, 2.24) is 0 Å². The fraction of sp³-hybridized carbons (Fsp3) is 0.0714. The highest BCUT2D eigenvalue weighted by Crippen LogP contribution is 2.33. The molecule has 0 unspecified atom stereocenters. The Morgan fingerprint density at radius 2 is 1.89 bits per heavy atom. The van der Waals surface area contributed by atoms with Crippen LogP contribution >= 0.6 is 11.8 Å². The lowest BCUT2D eigenvalue weighted by atomic mass is 10.2. The quantitative estimate of drug-likeness (QED) is 0.665. The summed E-state index contributed by atoms with van der Waals surface area (Å²) in [6.45, 7) is 0. The summed E-state index contributed by atoms with van der Waals surface area (Å²) >= 11 is 1.46. The van der Waals surface area contributed by atoms with Crippen LogP contribution in [0.5, 0.6) is 5.75 Å². The van der Waals surface area contributed by atoms with Crippen LogP contribution < -0.4 is 5.73 Å². The summed E-state index contributed by atoms with van der Waals surface area (Å²) in [4.78, 5) is 13.1. The number of carbonyl (C=O) groups is 1. The molecule has 0 spiro atoms. The number of aromatic hydroxyl groups is 1. The number of phenolic OH excluding ortho intramolecular Hbond substituents is 1. The number of nitrogens with two attached hydrogens (primary N) is 1. The van der Waals surface area contributed by atoms with Crippen molar-refractivity contribution in [2.75, 3.05) is 12.8 Å². The number of methoxy groups -OCH3 is 1. The van der Waals surface area contributed by atoms with Crippen molar-refractivity contribution < 1.29 is 14.6 Å². The maximum atomic E-state index is 11.3. The van der Waals surface area contributed by atoms with Gasteiger partial charge in [0, 0.05) is 21.5 Å². The van der Waals surface area contributed by atoms with E-state index in [1.807, 2.05) is 12.1 Å². The average molecular weight is 275 g/mol. The zero-order chi connectivity index (χ0) is 13.8. The third-order valence-corrected chi connectivity index (χ3v) is 3.60. The first kappa shape index (κ1) is 13.3. The molecule has 0 saturated heterocycles. The van der Waals surface area contributed by atoms with Crippen LogP contribution in [0.2, 0.25) is 0 Å². The second-order valence-electron chi connectivity index (χ2n) is 3.84. The smallest absolute Gasteiger partial charge is 0.337 e. The molecule has 3 N–H and O–H groups in total. The molecule has 2 aromatic carbocycles. The molecule has 2 rings (SSSR count). The minimum absolute atomic E-state index is 0.142. The van der Waals surface area contributed by atoms with Gasteiger partial charge < -0.3 is 15.6 Å². The number of nitrogen functional groups attached to an aromatic ring is 1. The highest BCUT2D eigenvalue weighted by Gasteiger charge is 2.06. The number of phenols is 1. The molecule has 0 aromatic heterocycles. The third-order valence-electron chi connectivity index (χ3n) is 2.50. The monoisotopic (exact) mass is 275 g/mol. The Kier molecular flexibility index (Phi) is 3.97. The van der Waals surface area contributed by atoms with Crippen LogP contribution in [-0.2, 0) is 4.74 Å². The van der Waals surface area contributed by atoms with E-state index in [-0.39, 0.29) is 11.7 Å². The van der Waals surface area contributed by atoms with Crippen LogP contribution in [-0.4, -0.2) is 18.2 Å². The number of anilines is 1. The fourth-order valence-corrected chi connectivity index (χ4v) is 2.37. The lowest BCUT2D eigenvalue weighted by Gasteiger charge is -2.06. The topological polar surface area (TPSA) is 72.5 Å². The Morgan fingerprint density at radius 3 is 2.47 bits per heavy atom. The molecule has 0 aliphatic carbocycles. The Morgan fingerprint density at radius 1 is 1.21 bits per heavy atom. The molecule has 0 heterocycles. The second kappa shape index (κ2) is 5.67. The fourth-order valence-electron chi connectivity index (χ4n) is 1.53. The van der Waals surface area contributed by atoms with E-state index >= 15 is 0 Å². The Hall–Kier alpha value is -2.14. The minimum atomic E-state index is -0.360. The molecule has 0 amide bonds. The first-order valence-electron chi connectivity index (χ1n) is 5.55. The molecule has 0 atom stereocenters. The van der Waals surface area contributed by atoms with E-state index in [9.17, 15) is 9.90 Å². The lowest BCUT2D eigenvalue weighted by Crippen LogP contribution is -2.00. The van der Waals surface area contributed by atoms with Crippen molar-refractivity contribution >= 4 is 23.4 Å². The molecule has 5 heteroatoms. The van der Waals surface area contributed by atoms with Crippen molar-refractivity contribution in [3.63, 3.8) is 0 Å². The molecule has 0 fully saturated rings. The zero-order valence-electron chi connectivity index (χ0n) is 10.3. The Balaban J connectivity index is 2.17. The number of hydrogen-bond acceptors (Lipinski definition) is 5. The van der Waals surface area contributed by atoms with Crippen LogP contribution in [0.1, 0.15) is 10.4 Å². The van der Waals surface area contributed by atoms with E-state index < -0.39 is 0 Å². The number of rotatable bonds is 3. The maximum absolute atomic E-state index is 11.3. The number of esters is 1. The molecule has 4 nitrogen and oxygen atoms in total. The van der Waals surface area contributed by atoms with Crippen LogP contribution in [0.3, 0.4) is 0 Å². The highest BCUT2D eigenvalue weighted by molar-refractivity contribution is 7.99. The van der Waals surface area contributed by atoms with E-state index in [1.165, 1.54) is 24.9 Å². The summed E-state index contributed by atoms with van der Waals surface area (Å²) in [5.41, 5.74) is 6.83. The van der Waals surface area contributed by atoms with Crippen LogP contribution in [0.25, 0.3) is 0 Å². The molecular weight excluding hydrogens is 262 g/mol. The number of hydrogen-bond donors (Lipinski definition) is 2. The van der Waals surface area contributed by atoms with Gasteiger partial charge in [0.1, 0.15) is 5.75 Å². The predicted molar refractivity (Wildman–Crippen MR) is 74.4 cm³/mol. The predicted octanol–water partition coefficient (Wildman–Crippen LogP) is 2.91. The van der Waals surface area contributed by atoms with Gasteiger partial charge in [-0.1, -0.05) is 11.8 Å². The molecule has 0 radical (unpaired) electrons. The molecule has 98 valence electrons. The van der Waals surface area contributed by atoms with Crippen molar-refractivity contribution in [3.05, 3.63) is 48.0 Å². The second-order valence-corrected chi connectivity index (χ2v) is 4.96. The number of ether oxygens (including phenoxy) is 1. The summed E-state index contributed by atoms with van der Waals surface area (Å²) in [5, 5.41) is 9.29. The minimum Gasteiger partial charge on any atom is -0.508 e. The van der Waals surface area contributed by atoms with Gasteiger partial charge in [-0.3, -0.25) is 0 Å². The summed E-state index contributed by atoms with van der Waals surface area (Å²) in [5.74, 6) is -0.219. The standard InChI is InChI=1S/C14H13NO3S/c1-18-14(17)9-2-5-11(6-3-9)19-13-7-4-10(16)8-12(13)15/h2-8,16H,15H2,1H3. The van der Waals surface area contributed by atoms with E-state index in [0.717, 1.165) is 9.79 Å². The van der Waals surface area contributed by atoms with E-state index in [1.54, 1.807) is 24.3 Å². The van der Waals surface area contributed by atoms with Gasteiger partial charge in [0.2, 0.25) is 0 Å². The normalized spacial score (nSPS) is 10.2. The first-order chi connectivity index (χ1) is 9.10. The van der Waals surface area contributed by atoms with E-state index in [0.29, 0.717) is 11.3 Å². The van der Waals surface area contributed by atoms with Gasteiger partial charge in [-0.15, -0.1) is 0 Å². The summed E-state index contributed by atoms with van der Waals surface area (Å²) < 4.78 is 4.63. The summed E-state index contributed by atoms with van der Waals surface area (Å²) in [7, 11) is 1.35. The van der Waals surface area contributed by atoms with Gasteiger partial charge in [0.15, 0.2) is 0 Å². The van der Waals surface area contributed by atoms with Crippen LogP contribution in [0, 0.1) is 0 Å². The molecular formula is C14H13NO3S. The van der Waals surface area contributed by atoms with Gasteiger partial charge in [0.05, 0.1) is 12.7 Å².